The van der Waals surface area contributed by atoms with Crippen LogP contribution in [0, 0.1) is 5.92 Å². The number of likely N-dealkylation sites (tertiary alicyclic amines) is 1. The molecule has 1 N–H and O–H groups in total. The van der Waals surface area contributed by atoms with E-state index in [0.717, 1.165) is 8.66 Å². The largest absolute Gasteiger partial charge is 0.481 e. The number of nitrogens with zero attached hydrogens (tertiary/aromatic N) is 1. The number of thiophene rings is 1. The minimum Gasteiger partial charge on any atom is -0.481 e. The SMILES string of the molecule is CN1C(=O)CCC(C(=O)O)C1c1ccc(Br)s1. The van der Waals surface area contributed by atoms with Gasteiger partial charge in [-0.3, -0.25) is 9.59 Å². The Hall–Kier alpha value is -0.880. The maximum Gasteiger partial charge on any atom is 0.308 e. The first-order valence-electron chi connectivity index (χ1n) is 5.24. The van der Waals surface area contributed by atoms with Crippen molar-refractivity contribution in [1.29, 1.82) is 0 Å². The first-order chi connectivity index (χ1) is 8.00. The van der Waals surface area contributed by atoms with E-state index in [-0.39, 0.29) is 11.9 Å². The van der Waals surface area contributed by atoms with Gasteiger partial charge in [0.2, 0.25) is 5.91 Å². The minimum atomic E-state index is -0.834. The molecule has 0 aliphatic carbocycles. The van der Waals surface area contributed by atoms with Gasteiger partial charge in [0.15, 0.2) is 0 Å². The predicted molar refractivity (Wildman–Crippen MR) is 67.9 cm³/mol. The van der Waals surface area contributed by atoms with Crippen LogP contribution in [-0.2, 0) is 9.59 Å². The maximum atomic E-state index is 11.7. The Morgan fingerprint density at radius 2 is 2.29 bits per heavy atom. The molecule has 1 amide bonds. The van der Waals surface area contributed by atoms with Crippen LogP contribution in [0.5, 0.6) is 0 Å². The highest BCUT2D eigenvalue weighted by molar-refractivity contribution is 9.11. The highest BCUT2D eigenvalue weighted by atomic mass is 79.9. The number of aliphatic carboxylic acids is 1. The van der Waals surface area contributed by atoms with Crippen molar-refractivity contribution in [3.63, 3.8) is 0 Å². The molecular formula is C11H12BrNO3S. The number of carbonyl (C=O) groups is 2. The van der Waals surface area contributed by atoms with Crippen molar-refractivity contribution in [1.82, 2.24) is 4.90 Å². The summed E-state index contributed by atoms with van der Waals surface area (Å²) in [5, 5.41) is 9.24. The number of carboxylic acids is 1. The average molecular weight is 318 g/mol. The van der Waals surface area contributed by atoms with Crippen molar-refractivity contribution in [3.05, 3.63) is 20.8 Å². The van der Waals surface area contributed by atoms with Crippen molar-refractivity contribution >= 4 is 39.1 Å². The van der Waals surface area contributed by atoms with Crippen molar-refractivity contribution in [3.8, 4) is 0 Å². The molecule has 1 fully saturated rings. The number of halogens is 1. The lowest BCUT2D eigenvalue weighted by Crippen LogP contribution is -2.42. The third kappa shape index (κ3) is 2.37. The Balaban J connectivity index is 2.36. The minimum absolute atomic E-state index is 0.0111. The van der Waals surface area contributed by atoms with Gasteiger partial charge in [0.25, 0.3) is 0 Å². The summed E-state index contributed by atoms with van der Waals surface area (Å²) in [6, 6.07) is 3.42. The van der Waals surface area contributed by atoms with Crippen LogP contribution in [0.4, 0.5) is 0 Å². The Kier molecular flexibility index (Phi) is 3.53. The Morgan fingerprint density at radius 1 is 1.59 bits per heavy atom. The van der Waals surface area contributed by atoms with Gasteiger partial charge >= 0.3 is 5.97 Å². The molecule has 0 aromatic carbocycles. The van der Waals surface area contributed by atoms with E-state index in [1.54, 1.807) is 11.9 Å². The molecule has 1 aliphatic heterocycles. The fourth-order valence-corrected chi connectivity index (χ4v) is 3.81. The van der Waals surface area contributed by atoms with Crippen molar-refractivity contribution in [2.75, 3.05) is 7.05 Å². The average Bonchev–Trinajstić information content (AvgIpc) is 2.68. The van der Waals surface area contributed by atoms with Crippen LogP contribution in [0.15, 0.2) is 15.9 Å². The summed E-state index contributed by atoms with van der Waals surface area (Å²) >= 11 is 4.84. The van der Waals surface area contributed by atoms with Gasteiger partial charge in [-0.25, -0.2) is 0 Å². The fourth-order valence-electron chi connectivity index (χ4n) is 2.17. The van der Waals surface area contributed by atoms with Gasteiger partial charge in [-0.2, -0.15) is 0 Å². The second-order valence-electron chi connectivity index (χ2n) is 4.07. The van der Waals surface area contributed by atoms with Gasteiger partial charge in [0, 0.05) is 18.3 Å². The molecular weight excluding hydrogens is 306 g/mol. The molecule has 6 heteroatoms. The Labute approximate surface area is 111 Å². The molecule has 1 aromatic rings. The molecule has 4 nitrogen and oxygen atoms in total. The van der Waals surface area contributed by atoms with E-state index < -0.39 is 11.9 Å². The van der Waals surface area contributed by atoms with Gasteiger partial charge in [-0.1, -0.05) is 0 Å². The molecule has 0 bridgehead atoms. The second-order valence-corrected chi connectivity index (χ2v) is 6.57. The maximum absolute atomic E-state index is 11.7. The number of hydrogen-bond acceptors (Lipinski definition) is 3. The van der Waals surface area contributed by atoms with Crippen LogP contribution < -0.4 is 0 Å². The van der Waals surface area contributed by atoms with Gasteiger partial charge < -0.3 is 10.0 Å². The van der Waals surface area contributed by atoms with Gasteiger partial charge in [0.05, 0.1) is 15.7 Å². The summed E-state index contributed by atoms with van der Waals surface area (Å²) in [6.07, 6.45) is 0.731. The highest BCUT2D eigenvalue weighted by Gasteiger charge is 2.39. The zero-order valence-corrected chi connectivity index (χ0v) is 11.6. The standard InChI is InChI=1S/C11H12BrNO3S/c1-13-9(14)5-2-6(11(15)16)10(13)7-3-4-8(12)17-7/h3-4,6,10H,2,5H2,1H3,(H,15,16). The number of rotatable bonds is 2. The molecule has 0 spiro atoms. The smallest absolute Gasteiger partial charge is 0.308 e. The van der Waals surface area contributed by atoms with Crippen LogP contribution in [0.25, 0.3) is 0 Å². The van der Waals surface area contributed by atoms with E-state index >= 15 is 0 Å². The number of hydrogen-bond donors (Lipinski definition) is 1. The molecule has 1 aromatic heterocycles. The second kappa shape index (κ2) is 4.78. The predicted octanol–water partition coefficient (Wildman–Crippen LogP) is 2.50. The normalized spacial score (nSPS) is 25.1. The molecule has 92 valence electrons. The van der Waals surface area contributed by atoms with Gasteiger partial charge in [-0.05, 0) is 34.5 Å². The fraction of sp³-hybridized carbons (Fsp3) is 0.455. The third-order valence-electron chi connectivity index (χ3n) is 3.06. The first kappa shape index (κ1) is 12.6. The van der Waals surface area contributed by atoms with Gasteiger partial charge in [0.1, 0.15) is 0 Å². The van der Waals surface area contributed by atoms with Crippen LogP contribution in [0.3, 0.4) is 0 Å². The first-order valence-corrected chi connectivity index (χ1v) is 6.85. The molecule has 2 rings (SSSR count). The zero-order chi connectivity index (χ0) is 12.6. The Morgan fingerprint density at radius 3 is 2.82 bits per heavy atom. The monoisotopic (exact) mass is 317 g/mol. The lowest BCUT2D eigenvalue weighted by atomic mass is 9.88. The lowest BCUT2D eigenvalue weighted by molar-refractivity contribution is -0.150. The van der Waals surface area contributed by atoms with Crippen LogP contribution in [0.1, 0.15) is 23.8 Å². The topological polar surface area (TPSA) is 57.6 Å². The number of carboxylic acid groups (broad SMARTS) is 1. The van der Waals surface area contributed by atoms with E-state index in [9.17, 15) is 14.7 Å². The number of amides is 1. The van der Waals surface area contributed by atoms with E-state index in [2.05, 4.69) is 15.9 Å². The van der Waals surface area contributed by atoms with E-state index in [1.807, 2.05) is 12.1 Å². The molecule has 2 atom stereocenters. The molecule has 17 heavy (non-hydrogen) atoms. The summed E-state index contributed by atoms with van der Waals surface area (Å²) in [4.78, 5) is 25.4. The molecule has 1 saturated heterocycles. The molecule has 2 heterocycles. The number of carbonyl (C=O) groups excluding carboxylic acids is 1. The summed E-state index contributed by atoms with van der Waals surface area (Å²) in [7, 11) is 1.68. The van der Waals surface area contributed by atoms with Crippen LogP contribution in [-0.4, -0.2) is 28.9 Å². The van der Waals surface area contributed by atoms with Crippen molar-refractivity contribution < 1.29 is 14.7 Å². The summed E-state index contributed by atoms with van der Waals surface area (Å²) in [5.41, 5.74) is 0. The summed E-state index contributed by atoms with van der Waals surface area (Å²) in [5.74, 6) is -1.33. The van der Waals surface area contributed by atoms with Crippen LogP contribution in [0.2, 0.25) is 0 Å². The quantitative estimate of drug-likeness (QED) is 0.911. The summed E-state index contributed by atoms with van der Waals surface area (Å²) in [6.45, 7) is 0. The third-order valence-corrected chi connectivity index (χ3v) is 4.76. The molecule has 2 unspecified atom stereocenters. The highest BCUT2D eigenvalue weighted by Crippen LogP contribution is 2.39. The zero-order valence-electron chi connectivity index (χ0n) is 9.22. The summed E-state index contributed by atoms with van der Waals surface area (Å²) < 4.78 is 0.947. The lowest BCUT2D eigenvalue weighted by Gasteiger charge is -2.36. The Bertz CT molecular complexity index is 459. The number of piperidine rings is 1. The van der Waals surface area contributed by atoms with E-state index in [4.69, 9.17) is 0 Å². The van der Waals surface area contributed by atoms with Crippen LogP contribution >= 0.6 is 27.3 Å². The molecule has 0 saturated carbocycles. The van der Waals surface area contributed by atoms with E-state index in [1.165, 1.54) is 11.3 Å². The van der Waals surface area contributed by atoms with Gasteiger partial charge in [-0.15, -0.1) is 11.3 Å². The molecule has 0 radical (unpaired) electrons. The van der Waals surface area contributed by atoms with Crippen molar-refractivity contribution in [2.45, 2.75) is 18.9 Å². The van der Waals surface area contributed by atoms with E-state index in [0.29, 0.717) is 12.8 Å². The molecule has 1 aliphatic rings. The van der Waals surface area contributed by atoms with Crippen molar-refractivity contribution in [2.24, 2.45) is 5.92 Å².